The molecule has 0 spiro atoms. The Kier molecular flexibility index (Phi) is 2.90. The highest BCUT2D eigenvalue weighted by atomic mass is 16.5. The molecule has 0 aliphatic heterocycles. The summed E-state index contributed by atoms with van der Waals surface area (Å²) in [6.45, 7) is 1.79. The molecule has 1 unspecified atom stereocenters. The smallest absolute Gasteiger partial charge is 0.438 e. The van der Waals surface area contributed by atoms with Gasteiger partial charge in [0.2, 0.25) is 0 Å². The van der Waals surface area contributed by atoms with Crippen LogP contribution in [0.25, 0.3) is 0 Å². The fraction of sp³-hybridized carbons (Fsp3) is 0.571. The second-order valence-electron chi connectivity index (χ2n) is 2.80. The predicted octanol–water partition coefficient (Wildman–Crippen LogP) is 0.424. The molecule has 0 saturated carbocycles. The Hall–Kier alpha value is -1.79. The maximum Gasteiger partial charge on any atom is 0.438 e. The second kappa shape index (κ2) is 3.95. The van der Waals surface area contributed by atoms with Crippen LogP contribution in [-0.4, -0.2) is 33.3 Å². The first-order valence-corrected chi connectivity index (χ1v) is 4.08. The van der Waals surface area contributed by atoms with Crippen LogP contribution in [0.5, 0.6) is 0 Å². The van der Waals surface area contributed by atoms with Crippen molar-refractivity contribution in [2.45, 2.75) is 19.4 Å². The summed E-state index contributed by atoms with van der Waals surface area (Å²) in [5.41, 5.74) is 0. The van der Waals surface area contributed by atoms with Gasteiger partial charge in [0.25, 0.3) is 0 Å². The third kappa shape index (κ3) is 1.93. The Balaban J connectivity index is 2.92. The van der Waals surface area contributed by atoms with Crippen molar-refractivity contribution in [3.63, 3.8) is 0 Å². The van der Waals surface area contributed by atoms with Crippen LogP contribution in [0.15, 0.2) is 9.32 Å². The van der Waals surface area contributed by atoms with E-state index in [9.17, 15) is 9.59 Å². The van der Waals surface area contributed by atoms with Crippen molar-refractivity contribution in [1.29, 1.82) is 0 Å². The van der Waals surface area contributed by atoms with Gasteiger partial charge in [0.1, 0.15) is 0 Å². The van der Waals surface area contributed by atoms with Gasteiger partial charge >= 0.3 is 11.8 Å². The number of carboxylic acid groups (broad SMARTS) is 1. The quantitative estimate of drug-likeness (QED) is 0.738. The minimum atomic E-state index is -1.08. The van der Waals surface area contributed by atoms with Crippen molar-refractivity contribution in [1.82, 2.24) is 15.0 Å². The highest BCUT2D eigenvalue weighted by Crippen LogP contribution is 2.17. The van der Waals surface area contributed by atoms with Crippen LogP contribution in [0.2, 0.25) is 0 Å². The summed E-state index contributed by atoms with van der Waals surface area (Å²) in [5.74, 6) is -0.459. The standard InChI is InChI=1S/C7H11N3O4/c1-3-4(10(2)7(12)13)5-8-6(11)14-9-5/h4H,3H2,1-2H3,(H,12,13)(H,8,9,11). The number of aromatic amines is 1. The van der Waals surface area contributed by atoms with Gasteiger partial charge in [0.15, 0.2) is 5.82 Å². The minimum absolute atomic E-state index is 0.224. The molecule has 2 N–H and O–H groups in total. The van der Waals surface area contributed by atoms with Crippen molar-refractivity contribution in [2.24, 2.45) is 0 Å². The first-order valence-electron chi connectivity index (χ1n) is 4.08. The summed E-state index contributed by atoms with van der Waals surface area (Å²) in [5, 5.41) is 12.2. The van der Waals surface area contributed by atoms with Gasteiger partial charge in [-0.05, 0) is 6.42 Å². The molecule has 0 bridgehead atoms. The van der Waals surface area contributed by atoms with E-state index in [2.05, 4.69) is 14.7 Å². The van der Waals surface area contributed by atoms with Crippen LogP contribution in [-0.2, 0) is 0 Å². The number of nitrogens with zero attached hydrogens (tertiary/aromatic N) is 2. The van der Waals surface area contributed by atoms with Gasteiger partial charge in [-0.1, -0.05) is 12.1 Å². The van der Waals surface area contributed by atoms with Gasteiger partial charge in [0.05, 0.1) is 6.04 Å². The zero-order valence-corrected chi connectivity index (χ0v) is 7.85. The van der Waals surface area contributed by atoms with E-state index in [-0.39, 0.29) is 5.82 Å². The summed E-state index contributed by atoms with van der Waals surface area (Å²) >= 11 is 0. The van der Waals surface area contributed by atoms with Gasteiger partial charge in [-0.15, -0.1) is 0 Å². The zero-order valence-electron chi connectivity index (χ0n) is 7.85. The highest BCUT2D eigenvalue weighted by molar-refractivity contribution is 5.65. The molecule has 1 aromatic heterocycles. The van der Waals surface area contributed by atoms with Crippen molar-refractivity contribution in [2.75, 3.05) is 7.05 Å². The van der Waals surface area contributed by atoms with E-state index in [0.29, 0.717) is 6.42 Å². The van der Waals surface area contributed by atoms with Crippen molar-refractivity contribution in [3.05, 3.63) is 16.4 Å². The van der Waals surface area contributed by atoms with Crippen LogP contribution in [0.4, 0.5) is 4.79 Å². The number of hydrogen-bond donors (Lipinski definition) is 2. The predicted molar refractivity (Wildman–Crippen MR) is 45.9 cm³/mol. The molecule has 1 heterocycles. The lowest BCUT2D eigenvalue weighted by Crippen LogP contribution is -2.30. The Bertz CT molecular complexity index is 369. The lowest BCUT2D eigenvalue weighted by atomic mass is 10.2. The third-order valence-electron chi connectivity index (χ3n) is 1.93. The fourth-order valence-electron chi connectivity index (χ4n) is 1.17. The van der Waals surface area contributed by atoms with Gasteiger partial charge in [0, 0.05) is 7.05 Å². The van der Waals surface area contributed by atoms with Gasteiger partial charge in [-0.25, -0.2) is 9.59 Å². The Morgan fingerprint density at radius 2 is 2.43 bits per heavy atom. The van der Waals surface area contributed by atoms with E-state index in [0.717, 1.165) is 4.90 Å². The topological polar surface area (TPSA) is 99.4 Å². The molecule has 1 rings (SSSR count). The molecule has 14 heavy (non-hydrogen) atoms. The molecule has 0 saturated heterocycles. The monoisotopic (exact) mass is 201 g/mol. The van der Waals surface area contributed by atoms with Crippen molar-refractivity contribution >= 4 is 6.09 Å². The molecule has 1 amide bonds. The van der Waals surface area contributed by atoms with Crippen LogP contribution in [0.3, 0.4) is 0 Å². The van der Waals surface area contributed by atoms with E-state index in [1.807, 2.05) is 0 Å². The van der Waals surface area contributed by atoms with Gasteiger partial charge in [-0.3, -0.25) is 9.51 Å². The number of rotatable bonds is 3. The maximum absolute atomic E-state index is 10.7. The molecule has 1 atom stereocenters. The van der Waals surface area contributed by atoms with Gasteiger partial charge < -0.3 is 10.0 Å². The van der Waals surface area contributed by atoms with Crippen molar-refractivity contribution < 1.29 is 14.4 Å². The summed E-state index contributed by atoms with van der Waals surface area (Å²) in [7, 11) is 1.41. The first-order chi connectivity index (χ1) is 6.56. The largest absolute Gasteiger partial charge is 0.465 e. The van der Waals surface area contributed by atoms with Gasteiger partial charge in [-0.2, -0.15) is 0 Å². The minimum Gasteiger partial charge on any atom is -0.465 e. The fourth-order valence-corrected chi connectivity index (χ4v) is 1.17. The van der Waals surface area contributed by atoms with E-state index in [4.69, 9.17) is 5.11 Å². The lowest BCUT2D eigenvalue weighted by molar-refractivity contribution is 0.134. The number of aromatic nitrogens is 2. The average molecular weight is 201 g/mol. The maximum atomic E-state index is 10.7. The normalized spacial score (nSPS) is 12.4. The number of H-pyrrole nitrogens is 1. The lowest BCUT2D eigenvalue weighted by Gasteiger charge is -2.21. The zero-order chi connectivity index (χ0) is 10.7. The summed E-state index contributed by atoms with van der Waals surface area (Å²) < 4.78 is 4.30. The molecular formula is C7H11N3O4. The first kappa shape index (κ1) is 10.3. The highest BCUT2D eigenvalue weighted by Gasteiger charge is 2.22. The summed E-state index contributed by atoms with van der Waals surface area (Å²) in [6.07, 6.45) is -0.577. The number of carbonyl (C=O) groups is 1. The summed E-state index contributed by atoms with van der Waals surface area (Å²) in [4.78, 5) is 24.7. The molecule has 78 valence electrons. The Morgan fingerprint density at radius 3 is 2.79 bits per heavy atom. The van der Waals surface area contributed by atoms with E-state index < -0.39 is 17.9 Å². The van der Waals surface area contributed by atoms with Crippen LogP contribution < -0.4 is 5.76 Å². The average Bonchev–Trinajstić information content (AvgIpc) is 2.53. The number of amides is 1. The van der Waals surface area contributed by atoms with Crippen LogP contribution in [0.1, 0.15) is 25.2 Å². The Morgan fingerprint density at radius 1 is 1.79 bits per heavy atom. The molecule has 7 heteroatoms. The van der Waals surface area contributed by atoms with Crippen LogP contribution >= 0.6 is 0 Å². The van der Waals surface area contributed by atoms with E-state index in [1.54, 1.807) is 6.92 Å². The summed E-state index contributed by atoms with van der Waals surface area (Å²) in [6, 6.07) is -0.487. The molecule has 0 fully saturated rings. The van der Waals surface area contributed by atoms with Crippen LogP contribution in [0, 0.1) is 0 Å². The Labute approximate surface area is 79.3 Å². The molecule has 1 aromatic rings. The van der Waals surface area contributed by atoms with E-state index in [1.165, 1.54) is 7.05 Å². The number of hydrogen-bond acceptors (Lipinski definition) is 4. The third-order valence-corrected chi connectivity index (χ3v) is 1.93. The molecule has 0 aliphatic rings. The second-order valence-corrected chi connectivity index (χ2v) is 2.80. The molecular weight excluding hydrogens is 190 g/mol. The molecule has 7 nitrogen and oxygen atoms in total. The molecule has 0 radical (unpaired) electrons. The molecule has 0 aromatic carbocycles. The molecule has 0 aliphatic carbocycles. The van der Waals surface area contributed by atoms with E-state index >= 15 is 0 Å². The number of nitrogens with one attached hydrogen (secondary N) is 1. The van der Waals surface area contributed by atoms with Crippen molar-refractivity contribution in [3.8, 4) is 0 Å². The SMILES string of the molecule is CCC(c1noc(=O)[nH]1)N(C)C(=O)O.